The van der Waals surface area contributed by atoms with Crippen LogP contribution in [0.1, 0.15) is 26.7 Å². The van der Waals surface area contributed by atoms with Crippen LogP contribution < -0.4 is 5.32 Å². The number of rotatable bonds is 11. The van der Waals surface area contributed by atoms with Crippen molar-refractivity contribution in [1.29, 1.82) is 0 Å². The summed E-state index contributed by atoms with van der Waals surface area (Å²) in [5, 5.41) is 2.91. The van der Waals surface area contributed by atoms with Crippen molar-refractivity contribution in [1.82, 2.24) is 5.32 Å². The van der Waals surface area contributed by atoms with E-state index >= 15 is 0 Å². The van der Waals surface area contributed by atoms with Crippen LogP contribution in [0.5, 0.6) is 0 Å². The van der Waals surface area contributed by atoms with Crippen LogP contribution in [0.25, 0.3) is 0 Å². The van der Waals surface area contributed by atoms with Gasteiger partial charge in [-0.15, -0.1) is 0 Å². The molecular weight excluding hydrogens is 222 g/mol. The summed E-state index contributed by atoms with van der Waals surface area (Å²) >= 11 is 0. The Balaban J connectivity index is 3.46. The maximum absolute atomic E-state index is 11.4. The van der Waals surface area contributed by atoms with Crippen LogP contribution in [-0.2, 0) is 19.0 Å². The van der Waals surface area contributed by atoms with E-state index in [9.17, 15) is 4.79 Å². The van der Waals surface area contributed by atoms with Gasteiger partial charge in [0.05, 0.1) is 19.8 Å². The fraction of sp³-hybridized carbons (Fsp3) is 0.917. The third-order valence-electron chi connectivity index (χ3n) is 2.19. The summed E-state index contributed by atoms with van der Waals surface area (Å²) in [7, 11) is 1.74. The third-order valence-corrected chi connectivity index (χ3v) is 2.19. The van der Waals surface area contributed by atoms with Gasteiger partial charge >= 0.3 is 5.97 Å². The molecule has 17 heavy (non-hydrogen) atoms. The molecule has 0 rings (SSSR count). The number of carbonyl (C=O) groups is 1. The maximum atomic E-state index is 11.4. The van der Waals surface area contributed by atoms with Gasteiger partial charge in [0, 0.05) is 13.2 Å². The monoisotopic (exact) mass is 247 g/mol. The number of ether oxygens (including phenoxy) is 3. The molecule has 102 valence electrons. The number of likely N-dealkylation sites (N-methyl/N-ethyl adjacent to an activating group) is 1. The molecule has 0 aliphatic carbocycles. The van der Waals surface area contributed by atoms with Gasteiger partial charge in [-0.3, -0.25) is 4.79 Å². The molecule has 0 aromatic rings. The molecule has 0 aromatic heterocycles. The van der Waals surface area contributed by atoms with Gasteiger partial charge in [0.2, 0.25) is 0 Å². The van der Waals surface area contributed by atoms with Gasteiger partial charge in [-0.05, 0) is 26.8 Å². The molecule has 0 aliphatic heterocycles. The Kier molecular flexibility index (Phi) is 11.4. The van der Waals surface area contributed by atoms with Crippen LogP contribution in [0.2, 0.25) is 0 Å². The lowest BCUT2D eigenvalue weighted by molar-refractivity contribution is -0.146. The maximum Gasteiger partial charge on any atom is 0.323 e. The van der Waals surface area contributed by atoms with Crippen molar-refractivity contribution in [2.45, 2.75) is 32.7 Å². The lowest BCUT2D eigenvalue weighted by Crippen LogP contribution is -2.36. The molecule has 0 saturated heterocycles. The van der Waals surface area contributed by atoms with E-state index in [2.05, 4.69) is 12.2 Å². The number of hydrogen-bond donors (Lipinski definition) is 1. The van der Waals surface area contributed by atoms with Gasteiger partial charge in [-0.2, -0.15) is 0 Å². The fourth-order valence-corrected chi connectivity index (χ4v) is 1.29. The van der Waals surface area contributed by atoms with Gasteiger partial charge in [0.1, 0.15) is 6.04 Å². The van der Waals surface area contributed by atoms with Crippen molar-refractivity contribution in [3.8, 4) is 0 Å². The molecule has 1 N–H and O–H groups in total. The minimum atomic E-state index is -0.286. The Morgan fingerprint density at radius 2 is 1.76 bits per heavy atom. The lowest BCUT2D eigenvalue weighted by Gasteiger charge is -2.14. The van der Waals surface area contributed by atoms with E-state index in [1.807, 2.05) is 0 Å². The molecule has 0 bridgehead atoms. The Morgan fingerprint density at radius 3 is 2.29 bits per heavy atom. The lowest BCUT2D eigenvalue weighted by atomic mass is 10.2. The second-order valence-electron chi connectivity index (χ2n) is 3.61. The molecule has 0 amide bonds. The van der Waals surface area contributed by atoms with Crippen LogP contribution in [0.3, 0.4) is 0 Å². The molecule has 1 unspecified atom stereocenters. The van der Waals surface area contributed by atoms with Crippen LogP contribution in [0.15, 0.2) is 0 Å². The van der Waals surface area contributed by atoms with E-state index in [0.717, 1.165) is 13.0 Å². The quantitative estimate of drug-likeness (QED) is 0.435. The molecule has 0 aromatic carbocycles. The molecule has 0 radical (unpaired) electrons. The smallest absolute Gasteiger partial charge is 0.323 e. The zero-order chi connectivity index (χ0) is 12.9. The van der Waals surface area contributed by atoms with Gasteiger partial charge < -0.3 is 19.5 Å². The van der Waals surface area contributed by atoms with Crippen LogP contribution >= 0.6 is 0 Å². The normalized spacial score (nSPS) is 12.4. The van der Waals surface area contributed by atoms with Crippen LogP contribution in [0, 0.1) is 0 Å². The zero-order valence-corrected chi connectivity index (χ0v) is 11.2. The molecule has 0 aliphatic rings. The van der Waals surface area contributed by atoms with E-state index in [4.69, 9.17) is 14.2 Å². The van der Waals surface area contributed by atoms with Gasteiger partial charge in [0.25, 0.3) is 0 Å². The summed E-state index contributed by atoms with van der Waals surface area (Å²) in [5.41, 5.74) is 0. The number of carbonyl (C=O) groups excluding carboxylic acids is 1. The Hall–Kier alpha value is -0.650. The Bertz CT molecular complexity index is 187. The van der Waals surface area contributed by atoms with E-state index in [-0.39, 0.29) is 12.0 Å². The largest absolute Gasteiger partial charge is 0.465 e. The summed E-state index contributed by atoms with van der Waals surface area (Å²) in [6.45, 7) is 6.74. The molecule has 0 heterocycles. The first-order chi connectivity index (χ1) is 8.26. The highest BCUT2D eigenvalue weighted by molar-refractivity contribution is 5.75. The summed E-state index contributed by atoms with van der Waals surface area (Å²) in [5.74, 6) is -0.221. The number of esters is 1. The average Bonchev–Trinajstić information content (AvgIpc) is 2.33. The highest BCUT2D eigenvalue weighted by Gasteiger charge is 2.16. The van der Waals surface area contributed by atoms with Gasteiger partial charge in [0.15, 0.2) is 0 Å². The zero-order valence-electron chi connectivity index (χ0n) is 11.2. The predicted molar refractivity (Wildman–Crippen MR) is 66.0 cm³/mol. The summed E-state index contributed by atoms with van der Waals surface area (Å²) in [6.07, 6.45) is 1.63. The molecule has 0 spiro atoms. The molecule has 1 atom stereocenters. The number of nitrogens with one attached hydrogen (secondary N) is 1. The minimum Gasteiger partial charge on any atom is -0.465 e. The second kappa shape index (κ2) is 11.8. The van der Waals surface area contributed by atoms with Crippen LogP contribution in [-0.4, -0.2) is 52.1 Å². The third kappa shape index (κ3) is 9.09. The van der Waals surface area contributed by atoms with E-state index in [0.29, 0.717) is 32.8 Å². The minimum absolute atomic E-state index is 0.221. The van der Waals surface area contributed by atoms with E-state index < -0.39 is 0 Å². The second-order valence-corrected chi connectivity index (χ2v) is 3.61. The number of hydrogen-bond acceptors (Lipinski definition) is 5. The molecule has 0 saturated carbocycles. The highest BCUT2D eigenvalue weighted by Crippen LogP contribution is 1.96. The average molecular weight is 247 g/mol. The van der Waals surface area contributed by atoms with Crippen molar-refractivity contribution in [2.75, 3.05) is 40.1 Å². The standard InChI is InChI=1S/C12H25NO4/c1-4-7-15-9-10-16-8-6-11(13-3)12(14)17-5-2/h11,13H,4-10H2,1-3H3. The Morgan fingerprint density at radius 1 is 1.12 bits per heavy atom. The topological polar surface area (TPSA) is 56.8 Å². The van der Waals surface area contributed by atoms with Crippen molar-refractivity contribution in [3.63, 3.8) is 0 Å². The summed E-state index contributed by atoms with van der Waals surface area (Å²) < 4.78 is 15.6. The van der Waals surface area contributed by atoms with Gasteiger partial charge in [-0.25, -0.2) is 0 Å². The summed E-state index contributed by atoms with van der Waals surface area (Å²) in [4.78, 5) is 11.4. The van der Waals surface area contributed by atoms with Crippen molar-refractivity contribution >= 4 is 5.97 Å². The Labute approximate surface area is 104 Å². The molecule has 0 fully saturated rings. The fourth-order valence-electron chi connectivity index (χ4n) is 1.29. The van der Waals surface area contributed by atoms with Crippen LogP contribution in [0.4, 0.5) is 0 Å². The van der Waals surface area contributed by atoms with Crippen molar-refractivity contribution in [2.24, 2.45) is 0 Å². The first-order valence-electron chi connectivity index (χ1n) is 6.25. The molecular formula is C12H25NO4. The molecule has 5 heteroatoms. The first-order valence-corrected chi connectivity index (χ1v) is 6.25. The highest BCUT2D eigenvalue weighted by atomic mass is 16.5. The first kappa shape index (κ1) is 16.4. The summed E-state index contributed by atoms with van der Waals surface area (Å²) in [6, 6.07) is -0.286. The SMILES string of the molecule is CCCOCCOCCC(NC)C(=O)OCC. The predicted octanol–water partition coefficient (Wildman–Crippen LogP) is 0.971. The van der Waals surface area contributed by atoms with Crippen molar-refractivity contribution < 1.29 is 19.0 Å². The van der Waals surface area contributed by atoms with E-state index in [1.165, 1.54) is 0 Å². The van der Waals surface area contributed by atoms with Gasteiger partial charge in [-0.1, -0.05) is 6.92 Å². The van der Waals surface area contributed by atoms with E-state index in [1.54, 1.807) is 14.0 Å². The van der Waals surface area contributed by atoms with Crippen molar-refractivity contribution in [3.05, 3.63) is 0 Å². The molecule has 5 nitrogen and oxygen atoms in total.